The Hall–Kier alpha value is -8.76. The molecule has 0 aliphatic rings. The van der Waals surface area contributed by atoms with Gasteiger partial charge in [0.25, 0.3) is 0 Å². The predicted octanol–water partition coefficient (Wildman–Crippen LogP) is 19.0. The Labute approximate surface area is 405 Å². The van der Waals surface area contributed by atoms with E-state index < -0.39 is 0 Å². The van der Waals surface area contributed by atoms with Gasteiger partial charge in [-0.05, 0) is 87.5 Å². The highest BCUT2D eigenvalue weighted by Crippen LogP contribution is 2.48. The molecule has 13 rings (SSSR count). The van der Waals surface area contributed by atoms with Crippen LogP contribution in [0.25, 0.3) is 103 Å². The van der Waals surface area contributed by atoms with Gasteiger partial charge in [-0.25, -0.2) is 0 Å². The van der Waals surface area contributed by atoms with E-state index in [1.807, 2.05) is 11.3 Å². The summed E-state index contributed by atoms with van der Waals surface area (Å²) in [5, 5.41) is 5.02. The highest BCUT2D eigenvalue weighted by molar-refractivity contribution is 7.26. The molecule has 3 heteroatoms. The van der Waals surface area contributed by atoms with Crippen LogP contribution < -0.4 is 4.90 Å². The van der Waals surface area contributed by atoms with E-state index in [-0.39, 0.29) is 0 Å². The first-order chi connectivity index (χ1) is 34.3. The molecule has 0 aliphatic carbocycles. The van der Waals surface area contributed by atoms with Crippen molar-refractivity contribution in [3.05, 3.63) is 267 Å². The molecule has 2 aromatic heterocycles. The summed E-state index contributed by atoms with van der Waals surface area (Å²) in [7, 11) is 0. The van der Waals surface area contributed by atoms with Gasteiger partial charge in [-0.15, -0.1) is 11.3 Å². The van der Waals surface area contributed by atoms with Crippen LogP contribution in [0.15, 0.2) is 267 Å². The Morgan fingerprint density at radius 2 is 0.826 bits per heavy atom. The predicted molar refractivity (Wildman–Crippen MR) is 296 cm³/mol. The summed E-state index contributed by atoms with van der Waals surface area (Å²) in [6.45, 7) is 0. The summed E-state index contributed by atoms with van der Waals surface area (Å²) in [6.07, 6.45) is 0. The lowest BCUT2D eigenvalue weighted by Crippen LogP contribution is -2.12. The van der Waals surface area contributed by atoms with Gasteiger partial charge in [-0.1, -0.05) is 218 Å². The van der Waals surface area contributed by atoms with Crippen LogP contribution in [0.3, 0.4) is 0 Å². The van der Waals surface area contributed by atoms with Crippen molar-refractivity contribution in [3.63, 3.8) is 0 Å². The quantitative estimate of drug-likeness (QED) is 0.140. The third kappa shape index (κ3) is 7.02. The highest BCUT2D eigenvalue weighted by atomic mass is 32.1. The molecule has 0 bridgehead atoms. The van der Waals surface area contributed by atoms with E-state index in [2.05, 4.69) is 276 Å². The average molecular weight is 897 g/mol. The summed E-state index contributed by atoms with van der Waals surface area (Å²) in [4.78, 5) is 2.47. The van der Waals surface area contributed by atoms with Crippen molar-refractivity contribution in [2.45, 2.75) is 0 Å². The van der Waals surface area contributed by atoms with E-state index in [0.717, 1.165) is 39.4 Å². The fourth-order valence-electron chi connectivity index (χ4n) is 10.5. The van der Waals surface area contributed by atoms with Crippen molar-refractivity contribution in [2.24, 2.45) is 0 Å². The molecule has 0 saturated carbocycles. The Morgan fingerprint density at radius 1 is 0.290 bits per heavy atom. The summed E-state index contributed by atoms with van der Waals surface area (Å²) in [5.74, 6) is 0. The number of nitrogens with zero attached hydrogens (tertiary/aromatic N) is 2. The molecule has 0 aliphatic heterocycles. The molecule has 0 radical (unpaired) electrons. The van der Waals surface area contributed by atoms with Crippen LogP contribution in [0, 0.1) is 0 Å². The molecule has 2 heterocycles. The molecule has 0 unspecified atom stereocenters. The number of rotatable bonds is 9. The van der Waals surface area contributed by atoms with Crippen molar-refractivity contribution in [3.8, 4) is 61.3 Å². The molecule has 324 valence electrons. The highest BCUT2D eigenvalue weighted by Gasteiger charge is 2.24. The molecular formula is C66H44N2S. The van der Waals surface area contributed by atoms with Crippen LogP contribution in [-0.4, -0.2) is 4.57 Å². The van der Waals surface area contributed by atoms with Crippen LogP contribution >= 0.6 is 11.3 Å². The number of fused-ring (bicyclic) bond motifs is 6. The van der Waals surface area contributed by atoms with Crippen molar-refractivity contribution >= 4 is 70.4 Å². The van der Waals surface area contributed by atoms with Gasteiger partial charge < -0.3 is 9.47 Å². The number of hydrogen-bond donors (Lipinski definition) is 0. The largest absolute Gasteiger partial charge is 0.310 e. The smallest absolute Gasteiger partial charge is 0.0562 e. The number of thiophene rings is 1. The van der Waals surface area contributed by atoms with Crippen LogP contribution in [0.5, 0.6) is 0 Å². The topological polar surface area (TPSA) is 8.17 Å². The lowest BCUT2D eigenvalue weighted by molar-refractivity contribution is 1.18. The molecule has 0 fully saturated rings. The Morgan fingerprint density at radius 3 is 1.57 bits per heavy atom. The molecule has 69 heavy (non-hydrogen) atoms. The molecule has 2 nitrogen and oxygen atoms in total. The van der Waals surface area contributed by atoms with E-state index in [0.29, 0.717) is 0 Å². The Bertz CT molecular complexity index is 4020. The second-order valence-corrected chi connectivity index (χ2v) is 18.6. The van der Waals surface area contributed by atoms with Crippen molar-refractivity contribution < 1.29 is 0 Å². The first-order valence-corrected chi connectivity index (χ1v) is 24.4. The summed E-state index contributed by atoms with van der Waals surface area (Å²) in [5.41, 5.74) is 18.5. The standard InChI is InChI=1S/C66H44N2S/c1-4-21-45(22-5-1)50-27-10-11-29-52(50)47-39-41-56(53-30-13-12-28-51(53)46-23-6-2-7-24-46)63(43-47)67(48-25-8-3-9-26-48)49-40-42-57-54-31-14-17-36-61(54)68(64(57)44-49)62-37-18-15-32-55(62)59-34-20-35-60-58-33-16-19-38-65(58)69-66(59)60/h1-44H. The molecule has 0 spiro atoms. The zero-order valence-electron chi connectivity index (χ0n) is 37.7. The lowest BCUT2D eigenvalue weighted by Gasteiger charge is -2.29. The molecule has 0 N–H and O–H groups in total. The molecule has 0 amide bonds. The van der Waals surface area contributed by atoms with Gasteiger partial charge in [0.1, 0.15) is 0 Å². The summed E-state index contributed by atoms with van der Waals surface area (Å²) in [6, 6.07) is 97.5. The molecule has 13 aromatic rings. The van der Waals surface area contributed by atoms with Crippen LogP contribution in [0.4, 0.5) is 17.1 Å². The normalized spacial score (nSPS) is 11.5. The lowest BCUT2D eigenvalue weighted by atomic mass is 9.89. The summed E-state index contributed by atoms with van der Waals surface area (Å²) >= 11 is 1.88. The fourth-order valence-corrected chi connectivity index (χ4v) is 11.8. The van der Waals surface area contributed by atoms with Gasteiger partial charge in [0.15, 0.2) is 0 Å². The molecule has 11 aromatic carbocycles. The number of aromatic nitrogens is 1. The summed E-state index contributed by atoms with van der Waals surface area (Å²) < 4.78 is 5.11. The molecular weight excluding hydrogens is 853 g/mol. The Kier molecular flexibility index (Phi) is 10.1. The van der Waals surface area contributed by atoms with Crippen LogP contribution in [0.1, 0.15) is 0 Å². The van der Waals surface area contributed by atoms with E-state index >= 15 is 0 Å². The number of anilines is 3. The fraction of sp³-hybridized carbons (Fsp3) is 0. The van der Waals surface area contributed by atoms with E-state index in [9.17, 15) is 0 Å². The van der Waals surface area contributed by atoms with Gasteiger partial charge in [0.2, 0.25) is 0 Å². The third-order valence-corrected chi connectivity index (χ3v) is 14.9. The minimum Gasteiger partial charge on any atom is -0.310 e. The minimum absolute atomic E-state index is 1.06. The zero-order valence-corrected chi connectivity index (χ0v) is 38.5. The zero-order chi connectivity index (χ0) is 45.7. The van der Waals surface area contributed by atoms with Gasteiger partial charge >= 0.3 is 0 Å². The van der Waals surface area contributed by atoms with Crippen molar-refractivity contribution in [1.29, 1.82) is 0 Å². The maximum atomic E-state index is 2.50. The monoisotopic (exact) mass is 896 g/mol. The maximum absolute atomic E-state index is 2.50. The van der Waals surface area contributed by atoms with E-state index in [4.69, 9.17) is 0 Å². The van der Waals surface area contributed by atoms with Crippen LogP contribution in [-0.2, 0) is 0 Å². The number of para-hydroxylation sites is 3. The third-order valence-electron chi connectivity index (χ3n) is 13.6. The maximum Gasteiger partial charge on any atom is 0.0562 e. The first kappa shape index (κ1) is 40.5. The second-order valence-electron chi connectivity index (χ2n) is 17.6. The molecule has 0 atom stereocenters. The molecule has 0 saturated heterocycles. The van der Waals surface area contributed by atoms with Crippen molar-refractivity contribution in [2.75, 3.05) is 4.90 Å². The average Bonchev–Trinajstić information content (AvgIpc) is 3.97. The van der Waals surface area contributed by atoms with Gasteiger partial charge in [-0.2, -0.15) is 0 Å². The number of hydrogen-bond acceptors (Lipinski definition) is 2. The van der Waals surface area contributed by atoms with E-state index in [1.54, 1.807) is 0 Å². The van der Waals surface area contributed by atoms with Gasteiger partial charge in [0.05, 0.1) is 22.4 Å². The van der Waals surface area contributed by atoms with Crippen LogP contribution in [0.2, 0.25) is 0 Å². The first-order valence-electron chi connectivity index (χ1n) is 23.6. The van der Waals surface area contributed by atoms with E-state index in [1.165, 1.54) is 81.0 Å². The van der Waals surface area contributed by atoms with Gasteiger partial charge in [-0.3, -0.25) is 0 Å². The number of benzene rings is 11. The minimum atomic E-state index is 1.06. The SMILES string of the molecule is c1ccc(-c2ccccc2-c2ccc(-c3ccccc3-c3ccccc3)c(N(c3ccccc3)c3ccc4c5ccccc5n(-c5ccccc5-c5cccc6c5sc5ccccc56)c4c3)c2)cc1. The second kappa shape index (κ2) is 17.2. The van der Waals surface area contributed by atoms with Crippen molar-refractivity contribution in [1.82, 2.24) is 4.57 Å². The van der Waals surface area contributed by atoms with Gasteiger partial charge in [0, 0.05) is 59.0 Å². The Balaban J connectivity index is 1.08.